The van der Waals surface area contributed by atoms with Gasteiger partial charge in [0.1, 0.15) is 0 Å². The molecule has 2 amide bonds. The first-order valence-corrected chi connectivity index (χ1v) is 15.2. The predicted octanol–water partition coefficient (Wildman–Crippen LogP) is 5.91. The lowest BCUT2D eigenvalue weighted by molar-refractivity contribution is -0.124. The zero-order chi connectivity index (χ0) is 32.3. The first-order valence-electron chi connectivity index (χ1n) is 15.2. The second-order valence-corrected chi connectivity index (χ2v) is 10.0. The summed E-state index contributed by atoms with van der Waals surface area (Å²) < 4.78 is 0. The fourth-order valence-corrected chi connectivity index (χ4v) is 3.44. The Balaban J connectivity index is 2.15. The Morgan fingerprint density at radius 1 is 0.750 bits per heavy atom. The number of guanidine groups is 2. The van der Waals surface area contributed by atoms with Gasteiger partial charge in [0.2, 0.25) is 17.8 Å². The molecule has 0 spiro atoms. The standard InChI is InChI=1S/C35H51N7O2/c1-4-5-6-7-8-9-10-11-12-13-14-15-16-17-18-19-20-21-22-23-32(43)38-29-33(44)40-31-26-24-30(25-27-31)28-39-34(36)41-35(37)42(2)3/h5-6,8-9,11-12,14-15,17-18,20-21,24-27H,4,7,10,13,16,19,22-23,28-29H2,1-3H3,(H,38,43)(H,40,44)(H4,36,37,39,41)/b6-5-,9-8-,12-11-,15-14-,18-17-,21-20-. The number of nitrogens with one attached hydrogen (secondary N) is 2. The van der Waals surface area contributed by atoms with Crippen LogP contribution in [0.1, 0.15) is 63.9 Å². The van der Waals surface area contributed by atoms with E-state index < -0.39 is 0 Å². The molecule has 0 aromatic heterocycles. The van der Waals surface area contributed by atoms with Crippen LogP contribution in [0.3, 0.4) is 0 Å². The van der Waals surface area contributed by atoms with E-state index in [1.165, 1.54) is 0 Å². The molecular weight excluding hydrogens is 550 g/mol. The number of anilines is 1. The van der Waals surface area contributed by atoms with Gasteiger partial charge in [0.05, 0.1) is 13.1 Å². The van der Waals surface area contributed by atoms with E-state index in [1.54, 1.807) is 31.1 Å². The third-order valence-electron chi connectivity index (χ3n) is 5.93. The molecule has 0 aliphatic heterocycles. The second-order valence-electron chi connectivity index (χ2n) is 10.0. The van der Waals surface area contributed by atoms with Gasteiger partial charge in [-0.25, -0.2) is 4.99 Å². The number of nitrogens with two attached hydrogens (primary N) is 2. The number of hydrogen-bond donors (Lipinski definition) is 4. The molecule has 0 heterocycles. The molecule has 1 aromatic rings. The smallest absolute Gasteiger partial charge is 0.243 e. The molecule has 0 saturated carbocycles. The van der Waals surface area contributed by atoms with Gasteiger partial charge in [0.25, 0.3) is 0 Å². The maximum atomic E-state index is 12.2. The van der Waals surface area contributed by atoms with Gasteiger partial charge in [-0.15, -0.1) is 0 Å². The summed E-state index contributed by atoms with van der Waals surface area (Å²) in [5, 5.41) is 5.42. The van der Waals surface area contributed by atoms with Gasteiger partial charge in [0, 0.05) is 26.2 Å². The Hall–Kier alpha value is -4.66. The van der Waals surface area contributed by atoms with Gasteiger partial charge < -0.3 is 27.0 Å². The van der Waals surface area contributed by atoms with E-state index in [1.807, 2.05) is 24.3 Å². The molecule has 0 aliphatic carbocycles. The molecule has 0 saturated heterocycles. The molecule has 0 unspecified atom stereocenters. The number of rotatable bonds is 19. The predicted molar refractivity (Wildman–Crippen MR) is 186 cm³/mol. The monoisotopic (exact) mass is 601 g/mol. The topological polar surface area (TPSA) is 138 Å². The average molecular weight is 602 g/mol. The van der Waals surface area contributed by atoms with Crippen LogP contribution in [0.5, 0.6) is 0 Å². The fourth-order valence-electron chi connectivity index (χ4n) is 3.44. The number of benzene rings is 1. The number of carbonyl (C=O) groups is 2. The molecule has 0 bridgehead atoms. The molecular formula is C35H51N7O2. The molecule has 238 valence electrons. The SMILES string of the molecule is CC/C=C\C/C=C\C/C=C\C/C=C\C/C=C\C/C=C\CCC(=O)NCC(=O)Nc1ccc(CN=C(N)N=C(N)N(C)C)cc1. The van der Waals surface area contributed by atoms with Crippen molar-refractivity contribution in [2.45, 2.75) is 64.8 Å². The first-order chi connectivity index (χ1) is 21.3. The molecule has 0 fully saturated rings. The second kappa shape index (κ2) is 24.9. The molecule has 0 radical (unpaired) electrons. The summed E-state index contributed by atoms with van der Waals surface area (Å²) in [4.78, 5) is 34.1. The number of aliphatic imine (C=N–C) groups is 2. The van der Waals surface area contributed by atoms with Crippen molar-refractivity contribution in [1.29, 1.82) is 0 Å². The number of nitrogens with zero attached hydrogens (tertiary/aromatic N) is 3. The third-order valence-corrected chi connectivity index (χ3v) is 5.93. The highest BCUT2D eigenvalue weighted by Crippen LogP contribution is 2.10. The molecule has 9 nitrogen and oxygen atoms in total. The lowest BCUT2D eigenvalue weighted by atomic mass is 10.2. The van der Waals surface area contributed by atoms with E-state index in [0.29, 0.717) is 25.1 Å². The molecule has 1 rings (SSSR count). The van der Waals surface area contributed by atoms with Crippen LogP contribution in [0.15, 0.2) is 107 Å². The third kappa shape index (κ3) is 21.1. The van der Waals surface area contributed by atoms with Gasteiger partial charge in [-0.1, -0.05) is 92.0 Å². The van der Waals surface area contributed by atoms with E-state index in [9.17, 15) is 9.59 Å². The van der Waals surface area contributed by atoms with Crippen LogP contribution in [0.2, 0.25) is 0 Å². The van der Waals surface area contributed by atoms with Crippen LogP contribution in [0.25, 0.3) is 0 Å². The largest absolute Gasteiger partial charge is 0.369 e. The van der Waals surface area contributed by atoms with Crippen LogP contribution in [0, 0.1) is 0 Å². The van der Waals surface area contributed by atoms with Crippen LogP contribution in [-0.2, 0) is 16.1 Å². The molecule has 44 heavy (non-hydrogen) atoms. The Labute approximate surface area is 264 Å². The van der Waals surface area contributed by atoms with Gasteiger partial charge in [-0.2, -0.15) is 4.99 Å². The molecule has 9 heteroatoms. The first kappa shape index (κ1) is 37.4. The Bertz CT molecular complexity index is 1200. The molecule has 0 aliphatic rings. The summed E-state index contributed by atoms with van der Waals surface area (Å²) in [6.07, 6.45) is 32.5. The van der Waals surface area contributed by atoms with E-state index >= 15 is 0 Å². The summed E-state index contributed by atoms with van der Waals surface area (Å²) in [6.45, 7) is 2.39. The van der Waals surface area contributed by atoms with Crippen molar-refractivity contribution in [3.63, 3.8) is 0 Å². The van der Waals surface area contributed by atoms with Gasteiger partial charge in [-0.3, -0.25) is 9.59 Å². The van der Waals surface area contributed by atoms with Crippen molar-refractivity contribution in [2.75, 3.05) is 26.0 Å². The minimum atomic E-state index is -0.296. The Morgan fingerprint density at radius 3 is 1.75 bits per heavy atom. The normalized spacial score (nSPS) is 13.0. The lowest BCUT2D eigenvalue weighted by Crippen LogP contribution is -2.32. The lowest BCUT2D eigenvalue weighted by Gasteiger charge is -2.09. The van der Waals surface area contributed by atoms with Gasteiger partial charge in [0.15, 0.2) is 5.96 Å². The Kier molecular flexibility index (Phi) is 21.1. The van der Waals surface area contributed by atoms with Crippen LogP contribution >= 0.6 is 0 Å². The minimum Gasteiger partial charge on any atom is -0.369 e. The summed E-state index contributed by atoms with van der Waals surface area (Å²) in [5.74, 6) is -0.103. The quantitative estimate of drug-likeness (QED) is 0.0887. The Morgan fingerprint density at radius 2 is 1.25 bits per heavy atom. The van der Waals surface area contributed by atoms with Crippen molar-refractivity contribution < 1.29 is 9.59 Å². The maximum Gasteiger partial charge on any atom is 0.243 e. The highest BCUT2D eigenvalue weighted by Gasteiger charge is 2.06. The van der Waals surface area contributed by atoms with E-state index in [0.717, 1.165) is 44.1 Å². The maximum absolute atomic E-state index is 12.2. The molecule has 0 atom stereocenters. The summed E-state index contributed by atoms with van der Waals surface area (Å²) in [5.41, 5.74) is 13.0. The average Bonchev–Trinajstić information content (AvgIpc) is 3.00. The molecule has 1 aromatic carbocycles. The van der Waals surface area contributed by atoms with Crippen molar-refractivity contribution in [3.8, 4) is 0 Å². The van der Waals surface area contributed by atoms with Crippen molar-refractivity contribution in [2.24, 2.45) is 21.5 Å². The highest BCUT2D eigenvalue weighted by molar-refractivity contribution is 5.94. The van der Waals surface area contributed by atoms with Crippen LogP contribution < -0.4 is 22.1 Å². The van der Waals surface area contributed by atoms with Crippen molar-refractivity contribution in [1.82, 2.24) is 10.2 Å². The van der Waals surface area contributed by atoms with Crippen molar-refractivity contribution in [3.05, 3.63) is 103 Å². The zero-order valence-corrected chi connectivity index (χ0v) is 26.6. The van der Waals surface area contributed by atoms with Crippen LogP contribution in [-0.4, -0.2) is 49.3 Å². The van der Waals surface area contributed by atoms with Gasteiger partial charge >= 0.3 is 0 Å². The number of carbonyl (C=O) groups excluding carboxylic acids is 2. The highest BCUT2D eigenvalue weighted by atomic mass is 16.2. The number of amides is 2. The fraction of sp³-hybridized carbons (Fsp3) is 0.371. The molecule has 6 N–H and O–H groups in total. The number of hydrogen-bond acceptors (Lipinski definition) is 3. The zero-order valence-electron chi connectivity index (χ0n) is 26.6. The van der Waals surface area contributed by atoms with Gasteiger partial charge in [-0.05, 0) is 62.6 Å². The van der Waals surface area contributed by atoms with E-state index in [4.69, 9.17) is 11.5 Å². The van der Waals surface area contributed by atoms with Crippen molar-refractivity contribution >= 4 is 29.4 Å². The summed E-state index contributed by atoms with van der Waals surface area (Å²) in [7, 11) is 3.52. The van der Waals surface area contributed by atoms with Crippen LogP contribution in [0.4, 0.5) is 5.69 Å². The van der Waals surface area contributed by atoms with E-state index in [2.05, 4.69) is 88.3 Å². The van der Waals surface area contributed by atoms with E-state index in [-0.39, 0.29) is 30.3 Å². The summed E-state index contributed by atoms with van der Waals surface area (Å²) in [6, 6.07) is 7.19. The minimum absolute atomic E-state index is 0.0868. The summed E-state index contributed by atoms with van der Waals surface area (Å²) >= 11 is 0. The number of allylic oxidation sites excluding steroid dienone is 12.